The molecule has 29 heavy (non-hydrogen) atoms. The third-order valence-electron chi connectivity index (χ3n) is 5.50. The van der Waals surface area contributed by atoms with Gasteiger partial charge in [-0.25, -0.2) is 12.8 Å². The monoisotopic (exact) mass is 417 g/mol. The van der Waals surface area contributed by atoms with Gasteiger partial charge in [0, 0.05) is 30.1 Å². The number of fused-ring (bicyclic) bond motifs is 3. The molecular weight excluding hydrogens is 397 g/mol. The summed E-state index contributed by atoms with van der Waals surface area (Å²) < 4.78 is 41.3. The van der Waals surface area contributed by atoms with Crippen LogP contribution in [0.2, 0.25) is 0 Å². The number of carbonyl (C=O) groups is 2. The van der Waals surface area contributed by atoms with Gasteiger partial charge in [-0.2, -0.15) is 0 Å². The lowest BCUT2D eigenvalue weighted by Gasteiger charge is -2.35. The topological polar surface area (TPSA) is 101 Å². The maximum Gasteiger partial charge on any atom is 0.265 e. The standard InChI is InChI=1S/C20H20FN3O4S/c21-14-5-6-17-16(11-14)15-3-1-2-4-18(15)29(27,28)24(17)12-19(25)23-9-7-13(8-10-23)20(22)26/h1-6,11,13H,7-10,12H2,(H2,22,26). The quantitative estimate of drug-likeness (QED) is 0.822. The Kier molecular flexibility index (Phi) is 4.77. The van der Waals surface area contributed by atoms with Crippen LogP contribution in [0, 0.1) is 11.7 Å². The molecule has 0 aromatic heterocycles. The van der Waals surface area contributed by atoms with Gasteiger partial charge < -0.3 is 10.6 Å². The van der Waals surface area contributed by atoms with Crippen LogP contribution in [0.5, 0.6) is 0 Å². The summed E-state index contributed by atoms with van der Waals surface area (Å²) in [5, 5.41) is 0. The first kappa shape index (κ1) is 19.4. The Morgan fingerprint density at radius 2 is 1.76 bits per heavy atom. The Morgan fingerprint density at radius 1 is 1.07 bits per heavy atom. The summed E-state index contributed by atoms with van der Waals surface area (Å²) in [7, 11) is -3.98. The number of primary amides is 1. The predicted molar refractivity (Wildman–Crippen MR) is 105 cm³/mol. The molecule has 2 heterocycles. The molecule has 2 amide bonds. The van der Waals surface area contributed by atoms with Gasteiger partial charge in [-0.3, -0.25) is 13.9 Å². The van der Waals surface area contributed by atoms with Crippen LogP contribution in [0.25, 0.3) is 11.1 Å². The summed E-state index contributed by atoms with van der Waals surface area (Å²) in [6.07, 6.45) is 0.914. The molecule has 0 bridgehead atoms. The minimum Gasteiger partial charge on any atom is -0.369 e. The van der Waals surface area contributed by atoms with Crippen LogP contribution in [0.4, 0.5) is 10.1 Å². The Morgan fingerprint density at radius 3 is 2.45 bits per heavy atom. The molecule has 0 spiro atoms. The fourth-order valence-electron chi connectivity index (χ4n) is 3.91. The van der Waals surface area contributed by atoms with Crippen LogP contribution in [-0.2, 0) is 19.6 Å². The lowest BCUT2D eigenvalue weighted by molar-refractivity contribution is -0.133. The predicted octanol–water partition coefficient (Wildman–Crippen LogP) is 1.73. The van der Waals surface area contributed by atoms with E-state index in [0.29, 0.717) is 37.1 Å². The SMILES string of the molecule is NC(=O)C1CCN(C(=O)CN2c3ccc(F)cc3-c3ccccc3S2(=O)=O)CC1. The van der Waals surface area contributed by atoms with Crippen LogP contribution in [0.15, 0.2) is 47.4 Å². The van der Waals surface area contributed by atoms with Gasteiger partial charge in [0.2, 0.25) is 11.8 Å². The molecule has 2 aromatic rings. The molecule has 0 atom stereocenters. The van der Waals surface area contributed by atoms with Crippen LogP contribution < -0.4 is 10.0 Å². The molecule has 1 saturated heterocycles. The number of piperidine rings is 1. The van der Waals surface area contributed by atoms with Crippen molar-refractivity contribution in [2.24, 2.45) is 11.7 Å². The van der Waals surface area contributed by atoms with Crippen LogP contribution in [-0.4, -0.2) is 44.8 Å². The van der Waals surface area contributed by atoms with Gasteiger partial charge in [0.15, 0.2) is 0 Å². The zero-order valence-electron chi connectivity index (χ0n) is 15.5. The third kappa shape index (κ3) is 3.35. The fourth-order valence-corrected chi connectivity index (χ4v) is 5.55. The zero-order valence-corrected chi connectivity index (χ0v) is 16.4. The van der Waals surface area contributed by atoms with Gasteiger partial charge in [0.05, 0.1) is 10.6 Å². The van der Waals surface area contributed by atoms with Gasteiger partial charge >= 0.3 is 0 Å². The molecular formula is C20H20FN3O4S. The maximum absolute atomic E-state index is 13.9. The van der Waals surface area contributed by atoms with Crippen LogP contribution in [0.3, 0.4) is 0 Å². The number of anilines is 1. The highest BCUT2D eigenvalue weighted by Crippen LogP contribution is 2.43. The summed E-state index contributed by atoms with van der Waals surface area (Å²) in [5.74, 6) is -1.51. The molecule has 0 aliphatic carbocycles. The number of amides is 2. The largest absolute Gasteiger partial charge is 0.369 e. The number of likely N-dealkylation sites (tertiary alicyclic amines) is 1. The van der Waals surface area contributed by atoms with Crippen molar-refractivity contribution in [2.75, 3.05) is 23.9 Å². The van der Waals surface area contributed by atoms with Crippen molar-refractivity contribution in [1.29, 1.82) is 0 Å². The van der Waals surface area contributed by atoms with Gasteiger partial charge in [0.25, 0.3) is 10.0 Å². The summed E-state index contributed by atoms with van der Waals surface area (Å²) in [6, 6.07) is 10.2. The van der Waals surface area contributed by atoms with Crippen molar-refractivity contribution in [1.82, 2.24) is 4.90 Å². The number of hydrogen-bond acceptors (Lipinski definition) is 4. The molecule has 1 fully saturated rings. The van der Waals surface area contributed by atoms with Crippen molar-refractivity contribution >= 4 is 27.5 Å². The van der Waals surface area contributed by atoms with Gasteiger partial charge in [-0.05, 0) is 37.1 Å². The Bertz CT molecular complexity index is 1090. The summed E-state index contributed by atoms with van der Waals surface area (Å²) >= 11 is 0. The molecule has 2 aliphatic rings. The Labute approximate surface area is 168 Å². The first-order valence-electron chi connectivity index (χ1n) is 9.28. The highest BCUT2D eigenvalue weighted by molar-refractivity contribution is 7.93. The van der Waals surface area contributed by atoms with E-state index < -0.39 is 22.4 Å². The van der Waals surface area contributed by atoms with Crippen LogP contribution in [0.1, 0.15) is 12.8 Å². The van der Waals surface area contributed by atoms with E-state index in [-0.39, 0.29) is 28.3 Å². The number of hydrogen-bond donors (Lipinski definition) is 1. The Hall–Kier alpha value is -2.94. The summed E-state index contributed by atoms with van der Waals surface area (Å²) in [6.45, 7) is 0.289. The Balaban J connectivity index is 1.66. The number of halogens is 1. The van der Waals surface area contributed by atoms with E-state index in [9.17, 15) is 22.4 Å². The van der Waals surface area contributed by atoms with E-state index in [4.69, 9.17) is 5.73 Å². The minimum absolute atomic E-state index is 0.0401. The maximum atomic E-state index is 13.9. The summed E-state index contributed by atoms with van der Waals surface area (Å²) in [5.41, 5.74) is 6.43. The number of carbonyl (C=O) groups excluding carboxylic acids is 2. The second kappa shape index (κ2) is 7.14. The van der Waals surface area contributed by atoms with Crippen molar-refractivity contribution in [3.8, 4) is 11.1 Å². The molecule has 0 saturated carbocycles. The first-order chi connectivity index (χ1) is 13.8. The smallest absolute Gasteiger partial charge is 0.265 e. The molecule has 9 heteroatoms. The van der Waals surface area contributed by atoms with E-state index >= 15 is 0 Å². The average Bonchev–Trinajstić information content (AvgIpc) is 2.71. The third-order valence-corrected chi connectivity index (χ3v) is 7.32. The number of sulfonamides is 1. The zero-order chi connectivity index (χ0) is 20.8. The molecule has 152 valence electrons. The first-order valence-corrected chi connectivity index (χ1v) is 10.7. The average molecular weight is 417 g/mol. The lowest BCUT2D eigenvalue weighted by Crippen LogP contribution is -2.47. The molecule has 0 unspecified atom stereocenters. The number of nitrogens with two attached hydrogens (primary N) is 1. The summed E-state index contributed by atoms with van der Waals surface area (Å²) in [4.78, 5) is 25.7. The second-order valence-corrected chi connectivity index (χ2v) is 9.06. The van der Waals surface area contributed by atoms with E-state index in [1.54, 1.807) is 23.1 Å². The molecule has 2 N–H and O–H groups in total. The highest BCUT2D eigenvalue weighted by atomic mass is 32.2. The van der Waals surface area contributed by atoms with Crippen molar-refractivity contribution in [3.63, 3.8) is 0 Å². The van der Waals surface area contributed by atoms with Crippen molar-refractivity contribution < 1.29 is 22.4 Å². The van der Waals surface area contributed by atoms with Crippen LogP contribution >= 0.6 is 0 Å². The molecule has 0 radical (unpaired) electrons. The van der Waals surface area contributed by atoms with Crippen molar-refractivity contribution in [3.05, 3.63) is 48.3 Å². The second-order valence-electron chi connectivity index (χ2n) is 7.23. The van der Waals surface area contributed by atoms with Gasteiger partial charge in [0.1, 0.15) is 12.4 Å². The van der Waals surface area contributed by atoms with E-state index in [0.717, 1.165) is 4.31 Å². The van der Waals surface area contributed by atoms with E-state index in [2.05, 4.69) is 0 Å². The molecule has 2 aliphatic heterocycles. The normalized spacial score (nSPS) is 18.1. The van der Waals surface area contributed by atoms with E-state index in [1.165, 1.54) is 24.3 Å². The fraction of sp³-hybridized carbons (Fsp3) is 0.300. The number of benzene rings is 2. The lowest BCUT2D eigenvalue weighted by atomic mass is 9.96. The van der Waals surface area contributed by atoms with Gasteiger partial charge in [-0.1, -0.05) is 18.2 Å². The number of rotatable bonds is 3. The molecule has 7 nitrogen and oxygen atoms in total. The molecule has 4 rings (SSSR count). The highest BCUT2D eigenvalue weighted by Gasteiger charge is 2.37. The van der Waals surface area contributed by atoms with Crippen molar-refractivity contribution in [2.45, 2.75) is 17.7 Å². The molecule has 2 aromatic carbocycles. The van der Waals surface area contributed by atoms with E-state index in [1.807, 2.05) is 0 Å². The minimum atomic E-state index is -3.98. The van der Waals surface area contributed by atoms with Gasteiger partial charge in [-0.15, -0.1) is 0 Å². The number of nitrogens with zero attached hydrogens (tertiary/aromatic N) is 2.